The molecule has 0 radical (unpaired) electrons. The number of hydrogen-bond donors (Lipinski definition) is 2. The quantitative estimate of drug-likeness (QED) is 0.674. The lowest BCUT2D eigenvalue weighted by Gasteiger charge is -2.14. The molecule has 0 saturated heterocycles. The highest BCUT2D eigenvalue weighted by molar-refractivity contribution is 5.16. The highest BCUT2D eigenvalue weighted by Crippen LogP contribution is 2.06. The third kappa shape index (κ3) is 4.88. The van der Waals surface area contributed by atoms with Crippen molar-refractivity contribution < 1.29 is 0 Å². The van der Waals surface area contributed by atoms with Crippen LogP contribution >= 0.6 is 0 Å². The predicted molar refractivity (Wildman–Crippen MR) is 72.0 cm³/mol. The number of aryl methyl sites for hydroxylation is 2. The highest BCUT2D eigenvalue weighted by Gasteiger charge is 2.07. The molecule has 0 aliphatic rings. The van der Waals surface area contributed by atoms with Gasteiger partial charge in [-0.3, -0.25) is 4.68 Å². The van der Waals surface area contributed by atoms with E-state index in [1.54, 1.807) is 0 Å². The maximum Gasteiger partial charge on any atom is 0.0666 e. The van der Waals surface area contributed by atoms with Gasteiger partial charge < -0.3 is 10.6 Å². The standard InChI is InChI=1S/C13H26N4/c1-5-7-14-8-11(3)15-9-12-10-17(4)16-13(12)6-2/h10-11,14-15H,5-9H2,1-4H3. The molecule has 1 atom stereocenters. The molecule has 0 saturated carbocycles. The number of aromatic nitrogens is 2. The Morgan fingerprint density at radius 3 is 2.82 bits per heavy atom. The Bertz CT molecular complexity index is 319. The lowest BCUT2D eigenvalue weighted by atomic mass is 10.2. The van der Waals surface area contributed by atoms with Gasteiger partial charge in [-0.05, 0) is 26.3 Å². The van der Waals surface area contributed by atoms with E-state index in [1.165, 1.54) is 17.7 Å². The largest absolute Gasteiger partial charge is 0.315 e. The summed E-state index contributed by atoms with van der Waals surface area (Å²) < 4.78 is 1.90. The molecule has 0 fully saturated rings. The molecule has 1 aromatic rings. The van der Waals surface area contributed by atoms with Crippen molar-refractivity contribution in [2.75, 3.05) is 13.1 Å². The molecule has 0 spiro atoms. The van der Waals surface area contributed by atoms with Gasteiger partial charge in [0.1, 0.15) is 0 Å². The smallest absolute Gasteiger partial charge is 0.0666 e. The van der Waals surface area contributed by atoms with E-state index < -0.39 is 0 Å². The monoisotopic (exact) mass is 238 g/mol. The van der Waals surface area contributed by atoms with Gasteiger partial charge in [0, 0.05) is 37.9 Å². The van der Waals surface area contributed by atoms with E-state index >= 15 is 0 Å². The van der Waals surface area contributed by atoms with Crippen LogP contribution in [0.2, 0.25) is 0 Å². The summed E-state index contributed by atoms with van der Waals surface area (Å²) in [5, 5.41) is 11.4. The van der Waals surface area contributed by atoms with Crippen LogP contribution in [0.4, 0.5) is 0 Å². The van der Waals surface area contributed by atoms with Crippen LogP contribution in [-0.2, 0) is 20.0 Å². The lowest BCUT2D eigenvalue weighted by molar-refractivity contribution is 0.500. The second-order valence-electron chi connectivity index (χ2n) is 4.61. The molecular weight excluding hydrogens is 212 g/mol. The van der Waals surface area contributed by atoms with Crippen molar-refractivity contribution >= 4 is 0 Å². The molecule has 4 nitrogen and oxygen atoms in total. The van der Waals surface area contributed by atoms with E-state index in [9.17, 15) is 0 Å². The Hall–Kier alpha value is -0.870. The van der Waals surface area contributed by atoms with Gasteiger partial charge in [-0.2, -0.15) is 5.10 Å². The van der Waals surface area contributed by atoms with Crippen LogP contribution in [0.25, 0.3) is 0 Å². The van der Waals surface area contributed by atoms with Gasteiger partial charge in [0.15, 0.2) is 0 Å². The normalized spacial score (nSPS) is 12.9. The van der Waals surface area contributed by atoms with Crippen LogP contribution in [0.15, 0.2) is 6.20 Å². The first-order chi connectivity index (χ1) is 8.17. The molecule has 98 valence electrons. The summed E-state index contributed by atoms with van der Waals surface area (Å²) in [4.78, 5) is 0. The summed E-state index contributed by atoms with van der Waals surface area (Å²) in [5.41, 5.74) is 2.52. The van der Waals surface area contributed by atoms with E-state index in [-0.39, 0.29) is 0 Å². The van der Waals surface area contributed by atoms with Crippen LogP contribution in [0, 0.1) is 0 Å². The van der Waals surface area contributed by atoms with Crippen LogP contribution in [0.1, 0.15) is 38.4 Å². The van der Waals surface area contributed by atoms with Crippen molar-refractivity contribution in [1.29, 1.82) is 0 Å². The molecule has 1 unspecified atom stereocenters. The van der Waals surface area contributed by atoms with E-state index in [0.717, 1.165) is 26.1 Å². The summed E-state index contributed by atoms with van der Waals surface area (Å²) >= 11 is 0. The van der Waals surface area contributed by atoms with Crippen molar-refractivity contribution in [3.8, 4) is 0 Å². The summed E-state index contributed by atoms with van der Waals surface area (Å²) in [6.45, 7) is 9.58. The van der Waals surface area contributed by atoms with Gasteiger partial charge in [0.05, 0.1) is 5.69 Å². The molecule has 0 bridgehead atoms. The Morgan fingerprint density at radius 1 is 1.41 bits per heavy atom. The first-order valence-corrected chi connectivity index (χ1v) is 6.62. The number of nitrogens with zero attached hydrogens (tertiary/aromatic N) is 2. The van der Waals surface area contributed by atoms with Crippen LogP contribution in [0.3, 0.4) is 0 Å². The molecule has 0 aliphatic carbocycles. The number of rotatable bonds is 8. The zero-order valence-corrected chi connectivity index (χ0v) is 11.6. The van der Waals surface area contributed by atoms with Crippen molar-refractivity contribution in [1.82, 2.24) is 20.4 Å². The zero-order valence-electron chi connectivity index (χ0n) is 11.6. The molecule has 0 aliphatic heterocycles. The van der Waals surface area contributed by atoms with Crippen LogP contribution < -0.4 is 10.6 Å². The van der Waals surface area contributed by atoms with E-state index in [0.29, 0.717) is 6.04 Å². The van der Waals surface area contributed by atoms with Gasteiger partial charge in [0.2, 0.25) is 0 Å². The Balaban J connectivity index is 2.33. The first-order valence-electron chi connectivity index (χ1n) is 6.62. The molecule has 1 heterocycles. The Kier molecular flexibility index (Phi) is 6.22. The average Bonchev–Trinajstić information content (AvgIpc) is 2.67. The summed E-state index contributed by atoms with van der Waals surface area (Å²) in [6.07, 6.45) is 4.30. The SMILES string of the molecule is CCCNCC(C)NCc1cn(C)nc1CC. The molecule has 2 N–H and O–H groups in total. The van der Waals surface area contributed by atoms with Gasteiger partial charge in [-0.1, -0.05) is 13.8 Å². The van der Waals surface area contributed by atoms with Crippen LogP contribution in [-0.4, -0.2) is 28.9 Å². The summed E-state index contributed by atoms with van der Waals surface area (Å²) in [5.74, 6) is 0. The Labute approximate surface area is 105 Å². The van der Waals surface area contributed by atoms with Gasteiger partial charge in [-0.15, -0.1) is 0 Å². The van der Waals surface area contributed by atoms with Crippen molar-refractivity contribution in [3.05, 3.63) is 17.5 Å². The van der Waals surface area contributed by atoms with E-state index in [4.69, 9.17) is 0 Å². The minimum atomic E-state index is 0.492. The third-order valence-corrected chi connectivity index (χ3v) is 2.84. The van der Waals surface area contributed by atoms with E-state index in [1.807, 2.05) is 11.7 Å². The second kappa shape index (κ2) is 7.45. The maximum absolute atomic E-state index is 4.44. The summed E-state index contributed by atoms with van der Waals surface area (Å²) in [6, 6.07) is 0.492. The average molecular weight is 238 g/mol. The minimum absolute atomic E-state index is 0.492. The van der Waals surface area contributed by atoms with Crippen molar-refractivity contribution in [2.24, 2.45) is 7.05 Å². The van der Waals surface area contributed by atoms with Gasteiger partial charge >= 0.3 is 0 Å². The first kappa shape index (κ1) is 14.2. The molecule has 0 aromatic carbocycles. The molecule has 17 heavy (non-hydrogen) atoms. The Morgan fingerprint density at radius 2 is 2.18 bits per heavy atom. The number of hydrogen-bond acceptors (Lipinski definition) is 3. The predicted octanol–water partition coefficient (Wildman–Crippen LogP) is 1.46. The third-order valence-electron chi connectivity index (χ3n) is 2.84. The molecule has 1 rings (SSSR count). The van der Waals surface area contributed by atoms with Crippen molar-refractivity contribution in [3.63, 3.8) is 0 Å². The van der Waals surface area contributed by atoms with E-state index in [2.05, 4.69) is 42.7 Å². The zero-order chi connectivity index (χ0) is 12.7. The minimum Gasteiger partial charge on any atom is -0.315 e. The fourth-order valence-electron chi connectivity index (χ4n) is 1.88. The maximum atomic E-state index is 4.44. The van der Waals surface area contributed by atoms with Crippen LogP contribution in [0.5, 0.6) is 0 Å². The highest BCUT2D eigenvalue weighted by atomic mass is 15.3. The molecular formula is C13H26N4. The number of nitrogens with one attached hydrogen (secondary N) is 2. The summed E-state index contributed by atoms with van der Waals surface area (Å²) in [7, 11) is 1.98. The van der Waals surface area contributed by atoms with Gasteiger partial charge in [0.25, 0.3) is 0 Å². The fraction of sp³-hybridized carbons (Fsp3) is 0.769. The molecule has 4 heteroatoms. The molecule has 1 aromatic heterocycles. The lowest BCUT2D eigenvalue weighted by Crippen LogP contribution is -2.36. The fourth-order valence-corrected chi connectivity index (χ4v) is 1.88. The topological polar surface area (TPSA) is 41.9 Å². The van der Waals surface area contributed by atoms with Gasteiger partial charge in [-0.25, -0.2) is 0 Å². The molecule has 0 amide bonds. The second-order valence-corrected chi connectivity index (χ2v) is 4.61. The van der Waals surface area contributed by atoms with Crippen molar-refractivity contribution in [2.45, 2.75) is 46.2 Å².